The minimum atomic E-state index is -0.685. The quantitative estimate of drug-likeness (QED) is 0.595. The molecule has 1 unspecified atom stereocenters. The summed E-state index contributed by atoms with van der Waals surface area (Å²) in [7, 11) is 0. The van der Waals surface area contributed by atoms with Gasteiger partial charge >= 0.3 is 6.09 Å². The van der Waals surface area contributed by atoms with Gasteiger partial charge in [0.1, 0.15) is 11.2 Å². The Hall–Kier alpha value is -3.61. The molecule has 0 aliphatic carbocycles. The molecule has 1 N–H and O–H groups in total. The van der Waals surface area contributed by atoms with Crippen LogP contribution in [0.1, 0.15) is 54.0 Å². The maximum Gasteiger partial charge on any atom is 0.407 e. The number of alkyl carbamates (subject to hydrolysis) is 1. The molecule has 2 heterocycles. The molecule has 166 valence electrons. The maximum absolute atomic E-state index is 13.0. The second-order valence-corrected chi connectivity index (χ2v) is 8.98. The number of carbonyl (C=O) groups excluding carboxylic acids is 3. The van der Waals surface area contributed by atoms with Crippen LogP contribution in [0, 0.1) is 0 Å². The van der Waals surface area contributed by atoms with Gasteiger partial charge in [0.05, 0.1) is 29.5 Å². The fourth-order valence-corrected chi connectivity index (χ4v) is 3.99. The normalized spacial score (nSPS) is 15.6. The molecule has 7 nitrogen and oxygen atoms in total. The van der Waals surface area contributed by atoms with Crippen molar-refractivity contribution in [1.29, 1.82) is 0 Å². The highest BCUT2D eigenvalue weighted by Crippen LogP contribution is 2.28. The summed E-state index contributed by atoms with van der Waals surface area (Å²) in [5, 5.41) is 3.79. The van der Waals surface area contributed by atoms with Gasteiger partial charge in [-0.15, -0.1) is 0 Å². The molecule has 3 amide bonds. The lowest BCUT2D eigenvalue weighted by atomic mass is 9.99. The molecule has 7 heteroatoms. The van der Waals surface area contributed by atoms with Gasteiger partial charge < -0.3 is 14.5 Å². The standard InChI is InChI=1S/C25H26N2O5/c1-15(27-22(28)18-10-5-6-11-19(18)23(27)29)20(26-24(30)32-25(2,3)4)13-16-14-31-21-12-8-7-9-17(16)21/h5-12,14-15,20H,13H2,1-4H3,(H,26,30)/t15-,20?/m1/s1. The van der Waals surface area contributed by atoms with Crippen LogP contribution >= 0.6 is 0 Å². The zero-order valence-corrected chi connectivity index (χ0v) is 18.5. The Morgan fingerprint density at radius 3 is 2.25 bits per heavy atom. The summed E-state index contributed by atoms with van der Waals surface area (Å²) >= 11 is 0. The van der Waals surface area contributed by atoms with Crippen molar-refractivity contribution in [2.45, 2.75) is 51.8 Å². The van der Waals surface area contributed by atoms with E-state index in [0.717, 1.165) is 16.5 Å². The number of fused-ring (bicyclic) bond motifs is 2. The fourth-order valence-electron chi connectivity index (χ4n) is 3.99. The fraction of sp³-hybridized carbons (Fsp3) is 0.320. The Bertz CT molecular complexity index is 1160. The van der Waals surface area contributed by atoms with Crippen LogP contribution in [0.15, 0.2) is 59.2 Å². The molecule has 1 aromatic heterocycles. The van der Waals surface area contributed by atoms with E-state index in [9.17, 15) is 14.4 Å². The van der Waals surface area contributed by atoms with Crippen molar-refractivity contribution in [2.75, 3.05) is 0 Å². The second kappa shape index (κ2) is 8.15. The lowest BCUT2D eigenvalue weighted by Gasteiger charge is -2.32. The van der Waals surface area contributed by atoms with Crippen LogP contribution in [-0.2, 0) is 11.2 Å². The number of nitrogens with one attached hydrogen (secondary N) is 1. The Labute approximate surface area is 186 Å². The van der Waals surface area contributed by atoms with Gasteiger partial charge in [-0.3, -0.25) is 14.5 Å². The molecular weight excluding hydrogens is 408 g/mol. The van der Waals surface area contributed by atoms with E-state index in [1.165, 1.54) is 4.90 Å². The zero-order chi connectivity index (χ0) is 23.0. The van der Waals surface area contributed by atoms with E-state index in [1.54, 1.807) is 58.2 Å². The smallest absolute Gasteiger partial charge is 0.407 e. The summed E-state index contributed by atoms with van der Waals surface area (Å²) in [6.45, 7) is 7.09. The summed E-state index contributed by atoms with van der Waals surface area (Å²) in [6.07, 6.45) is 1.38. The SMILES string of the molecule is C[C@H](C(Cc1coc2ccccc12)NC(=O)OC(C)(C)C)N1C(=O)c2ccccc2C1=O. The van der Waals surface area contributed by atoms with Crippen molar-refractivity contribution in [3.8, 4) is 0 Å². The first kappa shape index (κ1) is 21.6. The average Bonchev–Trinajstić information content (AvgIpc) is 3.25. The number of para-hydroxylation sites is 1. The third kappa shape index (κ3) is 4.10. The Morgan fingerprint density at radius 2 is 1.62 bits per heavy atom. The number of hydrogen-bond acceptors (Lipinski definition) is 5. The van der Waals surface area contributed by atoms with Gasteiger partial charge in [0.25, 0.3) is 11.8 Å². The minimum Gasteiger partial charge on any atom is -0.464 e. The Balaban J connectivity index is 1.65. The lowest BCUT2D eigenvalue weighted by molar-refractivity contribution is 0.0422. The summed E-state index contributed by atoms with van der Waals surface area (Å²) < 4.78 is 11.1. The van der Waals surface area contributed by atoms with Crippen LogP contribution in [0.4, 0.5) is 4.79 Å². The summed E-state index contributed by atoms with van der Waals surface area (Å²) in [5.41, 5.74) is 1.65. The molecule has 0 saturated heterocycles. The van der Waals surface area contributed by atoms with Crippen molar-refractivity contribution in [3.63, 3.8) is 0 Å². The number of benzene rings is 2. The maximum atomic E-state index is 13.0. The predicted octanol–water partition coefficient (Wildman–Crippen LogP) is 4.55. The molecule has 2 atom stereocenters. The van der Waals surface area contributed by atoms with Gasteiger partial charge in [0, 0.05) is 10.9 Å². The molecule has 1 aliphatic rings. The number of imide groups is 1. The van der Waals surface area contributed by atoms with Crippen LogP contribution in [0.25, 0.3) is 11.0 Å². The van der Waals surface area contributed by atoms with E-state index in [1.807, 2.05) is 24.3 Å². The summed E-state index contributed by atoms with van der Waals surface area (Å²) in [4.78, 5) is 39.9. The van der Waals surface area contributed by atoms with E-state index < -0.39 is 23.8 Å². The van der Waals surface area contributed by atoms with Crippen molar-refractivity contribution >= 4 is 28.9 Å². The van der Waals surface area contributed by atoms with Gasteiger partial charge in [-0.2, -0.15) is 0 Å². The predicted molar refractivity (Wildman–Crippen MR) is 119 cm³/mol. The molecule has 0 radical (unpaired) electrons. The first-order valence-corrected chi connectivity index (χ1v) is 10.6. The molecule has 3 aromatic rings. The summed E-state index contributed by atoms with van der Waals surface area (Å²) in [6, 6.07) is 13.1. The number of furan rings is 1. The van der Waals surface area contributed by atoms with Crippen LogP contribution in [-0.4, -0.2) is 40.5 Å². The van der Waals surface area contributed by atoms with Gasteiger partial charge in [0.2, 0.25) is 0 Å². The van der Waals surface area contributed by atoms with Crippen LogP contribution in [0.2, 0.25) is 0 Å². The molecule has 4 rings (SSSR count). The Kier molecular flexibility index (Phi) is 5.50. The summed E-state index contributed by atoms with van der Waals surface area (Å²) in [5.74, 6) is -0.739. The van der Waals surface area contributed by atoms with E-state index >= 15 is 0 Å². The molecular formula is C25H26N2O5. The van der Waals surface area contributed by atoms with Crippen molar-refractivity contribution in [3.05, 3.63) is 71.5 Å². The van der Waals surface area contributed by atoms with Gasteiger partial charge in [-0.1, -0.05) is 30.3 Å². The minimum absolute atomic E-state index is 0.352. The molecule has 2 aromatic carbocycles. The average molecular weight is 434 g/mol. The van der Waals surface area contributed by atoms with Crippen molar-refractivity contribution in [2.24, 2.45) is 0 Å². The highest BCUT2D eigenvalue weighted by atomic mass is 16.6. The van der Waals surface area contributed by atoms with E-state index in [0.29, 0.717) is 17.5 Å². The third-order valence-corrected chi connectivity index (χ3v) is 5.52. The topological polar surface area (TPSA) is 88.8 Å². The number of rotatable bonds is 5. The van der Waals surface area contributed by atoms with Crippen molar-refractivity contribution in [1.82, 2.24) is 10.2 Å². The van der Waals surface area contributed by atoms with Gasteiger partial charge in [-0.05, 0) is 52.3 Å². The van der Waals surface area contributed by atoms with Crippen LogP contribution < -0.4 is 5.32 Å². The second-order valence-electron chi connectivity index (χ2n) is 8.98. The van der Waals surface area contributed by atoms with Crippen molar-refractivity contribution < 1.29 is 23.5 Å². The number of hydrogen-bond donors (Lipinski definition) is 1. The number of ether oxygens (including phenoxy) is 1. The molecule has 0 spiro atoms. The molecule has 0 fully saturated rings. The highest BCUT2D eigenvalue weighted by Gasteiger charge is 2.41. The van der Waals surface area contributed by atoms with E-state index in [4.69, 9.17) is 9.15 Å². The lowest BCUT2D eigenvalue weighted by Crippen LogP contribution is -2.54. The van der Waals surface area contributed by atoms with E-state index in [-0.39, 0.29) is 11.8 Å². The number of amides is 3. The van der Waals surface area contributed by atoms with Crippen LogP contribution in [0.3, 0.4) is 0 Å². The van der Waals surface area contributed by atoms with Gasteiger partial charge in [0.15, 0.2) is 0 Å². The first-order chi connectivity index (χ1) is 15.2. The van der Waals surface area contributed by atoms with E-state index in [2.05, 4.69) is 5.32 Å². The molecule has 0 saturated carbocycles. The van der Waals surface area contributed by atoms with Gasteiger partial charge in [-0.25, -0.2) is 4.79 Å². The zero-order valence-electron chi connectivity index (χ0n) is 18.5. The first-order valence-electron chi connectivity index (χ1n) is 10.6. The third-order valence-electron chi connectivity index (χ3n) is 5.52. The number of nitrogens with zero attached hydrogens (tertiary/aromatic N) is 1. The highest BCUT2D eigenvalue weighted by molar-refractivity contribution is 6.21. The molecule has 0 bridgehead atoms. The number of carbonyl (C=O) groups is 3. The monoisotopic (exact) mass is 434 g/mol. The van der Waals surface area contributed by atoms with Crippen LogP contribution in [0.5, 0.6) is 0 Å². The largest absolute Gasteiger partial charge is 0.464 e. The Morgan fingerprint density at radius 1 is 1.03 bits per heavy atom. The molecule has 1 aliphatic heterocycles. The molecule has 32 heavy (non-hydrogen) atoms.